The Morgan fingerprint density at radius 1 is 1.88 bits per heavy atom. The number of rotatable bonds is 3. The Hall–Kier alpha value is -0.610. The molecule has 0 saturated carbocycles. The van der Waals surface area contributed by atoms with Crippen molar-refractivity contribution in [1.82, 2.24) is 0 Å². The van der Waals surface area contributed by atoms with Gasteiger partial charge >= 0.3 is 0 Å². The molecule has 4 N–H and O–H groups in total. The second-order valence-electron chi connectivity index (χ2n) is 1.48. The van der Waals surface area contributed by atoms with Crippen LogP contribution in [0.2, 0.25) is 0 Å². The minimum atomic E-state index is -1.42. The largest absolute Gasteiger partial charge is 0.547 e. The molecule has 0 fully saturated rings. The van der Waals surface area contributed by atoms with E-state index in [9.17, 15) is 9.90 Å². The van der Waals surface area contributed by atoms with Gasteiger partial charge in [-0.05, 0) is 0 Å². The van der Waals surface area contributed by atoms with Gasteiger partial charge < -0.3 is 20.7 Å². The maximum Gasteiger partial charge on any atom is 0.0987 e. The lowest BCUT2D eigenvalue weighted by Crippen LogP contribution is -2.53. The number of aliphatic hydroxyl groups excluding tert-OH is 1. The number of carbonyl (C=O) groups excluding carboxylic acids is 1. The highest BCUT2D eigenvalue weighted by Gasteiger charge is 2.01. The average Bonchev–Trinajstić information content (AvgIpc) is 1.67. The van der Waals surface area contributed by atoms with Gasteiger partial charge in [0.2, 0.25) is 0 Å². The van der Waals surface area contributed by atoms with Gasteiger partial charge in [0.25, 0.3) is 0 Å². The van der Waals surface area contributed by atoms with Crippen LogP contribution < -0.4 is 10.8 Å². The van der Waals surface area contributed by atoms with E-state index in [0.29, 0.717) is 6.54 Å². The molecule has 8 heavy (non-hydrogen) atoms. The van der Waals surface area contributed by atoms with E-state index in [-0.39, 0.29) is 6.42 Å². The first-order valence-corrected chi connectivity index (χ1v) is 2.36. The zero-order valence-corrected chi connectivity index (χ0v) is 4.46. The number of quaternary nitrogens is 1. The lowest BCUT2D eigenvalue weighted by atomic mass is 10.3. The van der Waals surface area contributed by atoms with E-state index in [2.05, 4.69) is 5.73 Å². The quantitative estimate of drug-likeness (QED) is 0.408. The molecule has 0 unspecified atom stereocenters. The van der Waals surface area contributed by atoms with Gasteiger partial charge in [0.15, 0.2) is 0 Å². The molecule has 0 aliphatic carbocycles. The molecule has 0 amide bonds. The number of hydrogen-bond acceptors (Lipinski definition) is 3. The molecule has 0 aromatic heterocycles. The molecule has 0 bridgehead atoms. The van der Waals surface area contributed by atoms with Crippen LogP contribution in [0.5, 0.6) is 0 Å². The number of aliphatic hydroxyl groups is 1. The molecule has 0 rings (SSSR count). The van der Waals surface area contributed by atoms with E-state index < -0.39 is 12.1 Å². The molecule has 0 aliphatic heterocycles. The van der Waals surface area contributed by atoms with Crippen LogP contribution in [0, 0.1) is 0 Å². The van der Waals surface area contributed by atoms with Gasteiger partial charge in [-0.2, -0.15) is 0 Å². The minimum absolute atomic E-state index is 0.169. The predicted octanol–water partition coefficient (Wildman–Crippen LogP) is -3.27. The minimum Gasteiger partial charge on any atom is -0.547 e. The maximum atomic E-state index is 9.70. The average molecular weight is 119 g/mol. The topological polar surface area (TPSA) is 88.0 Å². The summed E-state index contributed by atoms with van der Waals surface area (Å²) in [5, 5.41) is 18.1. The summed E-state index contributed by atoms with van der Waals surface area (Å²) in [5.41, 5.74) is 3.36. The van der Waals surface area contributed by atoms with Crippen molar-refractivity contribution in [3.63, 3.8) is 0 Å². The van der Waals surface area contributed by atoms with Gasteiger partial charge in [-0.15, -0.1) is 0 Å². The number of carbonyl (C=O) groups is 1. The first kappa shape index (κ1) is 7.39. The highest BCUT2D eigenvalue weighted by atomic mass is 16.4. The molecule has 0 spiro atoms. The Labute approximate surface area is 46.9 Å². The fourth-order valence-electron chi connectivity index (χ4n) is 0.311. The normalized spacial score (nSPS) is 13.2. The van der Waals surface area contributed by atoms with Crippen LogP contribution in [0.1, 0.15) is 6.42 Å². The zero-order chi connectivity index (χ0) is 6.57. The predicted molar refractivity (Wildman–Crippen MR) is 23.4 cm³/mol. The van der Waals surface area contributed by atoms with Crippen molar-refractivity contribution < 1.29 is 20.7 Å². The molecule has 0 aliphatic rings. The molecular formula is C4H9NO3. The fourth-order valence-corrected chi connectivity index (χ4v) is 0.311. The monoisotopic (exact) mass is 119 g/mol. The highest BCUT2D eigenvalue weighted by molar-refractivity contribution is 5.69. The molecule has 0 radical (unpaired) electrons. The van der Waals surface area contributed by atoms with Crippen LogP contribution >= 0.6 is 0 Å². The van der Waals surface area contributed by atoms with Crippen molar-refractivity contribution in [3.8, 4) is 0 Å². The third-order valence-corrected chi connectivity index (χ3v) is 0.750. The van der Waals surface area contributed by atoms with Crippen LogP contribution in [0.4, 0.5) is 0 Å². The standard InChI is InChI=1S/C4H9NO3/c5-2-1-3(6)4(7)8/h3,6H,1-2,5H2,(H,7,8)/t3-/m1/s1. The van der Waals surface area contributed by atoms with Gasteiger partial charge in [-0.3, -0.25) is 0 Å². The Balaban J connectivity index is 3.32. The van der Waals surface area contributed by atoms with Crippen molar-refractivity contribution in [2.45, 2.75) is 12.5 Å². The second-order valence-corrected chi connectivity index (χ2v) is 1.48. The number of carboxylic acids is 1. The number of carboxylic acid groups (broad SMARTS) is 1. The van der Waals surface area contributed by atoms with Crippen molar-refractivity contribution in [3.05, 3.63) is 0 Å². The third kappa shape index (κ3) is 2.54. The lowest BCUT2D eigenvalue weighted by molar-refractivity contribution is -0.374. The molecule has 0 heterocycles. The summed E-state index contributed by atoms with van der Waals surface area (Å²) in [5.74, 6) is -1.42. The van der Waals surface area contributed by atoms with E-state index in [4.69, 9.17) is 5.11 Å². The summed E-state index contributed by atoms with van der Waals surface area (Å²) in [6.45, 7) is 0.412. The summed E-state index contributed by atoms with van der Waals surface area (Å²) in [6, 6.07) is 0. The summed E-state index contributed by atoms with van der Waals surface area (Å²) in [4.78, 5) is 9.70. The molecular weight excluding hydrogens is 110 g/mol. The van der Waals surface area contributed by atoms with Crippen molar-refractivity contribution in [2.75, 3.05) is 6.54 Å². The smallest absolute Gasteiger partial charge is 0.0987 e. The molecule has 48 valence electrons. The van der Waals surface area contributed by atoms with Gasteiger partial charge in [0.05, 0.1) is 18.6 Å². The SMILES string of the molecule is [NH3+]CC[C@@H](O)C(=O)[O-]. The van der Waals surface area contributed by atoms with Crippen molar-refractivity contribution in [1.29, 1.82) is 0 Å². The van der Waals surface area contributed by atoms with Crippen molar-refractivity contribution >= 4 is 5.97 Å². The van der Waals surface area contributed by atoms with Crippen LogP contribution in [0.25, 0.3) is 0 Å². The first-order valence-electron chi connectivity index (χ1n) is 2.36. The zero-order valence-electron chi connectivity index (χ0n) is 4.46. The van der Waals surface area contributed by atoms with Crippen LogP contribution in [-0.2, 0) is 4.79 Å². The lowest BCUT2D eigenvalue weighted by Gasteiger charge is -2.06. The highest BCUT2D eigenvalue weighted by Crippen LogP contribution is 1.83. The molecule has 4 nitrogen and oxygen atoms in total. The second kappa shape index (κ2) is 3.40. The van der Waals surface area contributed by atoms with E-state index in [1.165, 1.54) is 0 Å². The first-order chi connectivity index (χ1) is 3.68. The molecule has 0 saturated heterocycles. The van der Waals surface area contributed by atoms with E-state index >= 15 is 0 Å². The number of hydrogen-bond donors (Lipinski definition) is 2. The van der Waals surface area contributed by atoms with E-state index in [1.807, 2.05) is 0 Å². The van der Waals surface area contributed by atoms with Crippen LogP contribution in [0.3, 0.4) is 0 Å². The molecule has 0 aromatic carbocycles. The van der Waals surface area contributed by atoms with Crippen LogP contribution in [-0.4, -0.2) is 23.7 Å². The maximum absolute atomic E-state index is 9.70. The summed E-state index contributed by atoms with van der Waals surface area (Å²) < 4.78 is 0. The Kier molecular flexibility index (Phi) is 3.14. The third-order valence-electron chi connectivity index (χ3n) is 0.750. The Bertz CT molecular complexity index is 83.4. The van der Waals surface area contributed by atoms with Gasteiger partial charge in [0, 0.05) is 6.42 Å². The molecule has 4 heteroatoms. The van der Waals surface area contributed by atoms with Crippen molar-refractivity contribution in [2.24, 2.45) is 0 Å². The Morgan fingerprint density at radius 2 is 2.38 bits per heavy atom. The fraction of sp³-hybridized carbons (Fsp3) is 0.750. The summed E-state index contributed by atoms with van der Waals surface area (Å²) in [6.07, 6.45) is -1.17. The van der Waals surface area contributed by atoms with Gasteiger partial charge in [-0.25, -0.2) is 0 Å². The summed E-state index contributed by atoms with van der Waals surface area (Å²) >= 11 is 0. The van der Waals surface area contributed by atoms with Gasteiger partial charge in [-0.1, -0.05) is 0 Å². The van der Waals surface area contributed by atoms with E-state index in [0.717, 1.165) is 0 Å². The van der Waals surface area contributed by atoms with E-state index in [1.54, 1.807) is 0 Å². The molecule has 1 atom stereocenters. The van der Waals surface area contributed by atoms with Crippen LogP contribution in [0.15, 0.2) is 0 Å². The Morgan fingerprint density at radius 3 is 2.50 bits per heavy atom. The molecule has 0 aromatic rings. The summed E-state index contributed by atoms with van der Waals surface area (Å²) in [7, 11) is 0. The number of aliphatic carboxylic acids is 1. The van der Waals surface area contributed by atoms with Gasteiger partial charge in [0.1, 0.15) is 0 Å².